The van der Waals surface area contributed by atoms with Gasteiger partial charge in [0.15, 0.2) is 0 Å². The van der Waals surface area contributed by atoms with Crippen LogP contribution in [0.2, 0.25) is 0 Å². The van der Waals surface area contributed by atoms with Crippen molar-refractivity contribution in [3.8, 4) is 0 Å². The first kappa shape index (κ1) is 11.3. The van der Waals surface area contributed by atoms with Crippen LogP contribution in [0.1, 0.15) is 46.0 Å². The molecule has 0 heterocycles. The average Bonchev–Trinajstić information content (AvgIpc) is 2.48. The van der Waals surface area contributed by atoms with Crippen molar-refractivity contribution < 1.29 is 9.90 Å². The van der Waals surface area contributed by atoms with Crippen molar-refractivity contribution in [2.75, 3.05) is 0 Å². The molecule has 2 unspecified atom stereocenters. The normalized spacial score (nSPS) is 31.7. The lowest BCUT2D eigenvalue weighted by molar-refractivity contribution is -0.148. The van der Waals surface area contributed by atoms with Gasteiger partial charge in [-0.3, -0.25) is 4.79 Å². The number of carbonyl (C=O) groups is 1. The first-order valence-electron chi connectivity index (χ1n) is 5.38. The topological polar surface area (TPSA) is 37.3 Å². The highest BCUT2D eigenvalue weighted by molar-refractivity contribution is 5.75. The first-order chi connectivity index (χ1) is 6.50. The van der Waals surface area contributed by atoms with Gasteiger partial charge in [-0.2, -0.15) is 0 Å². The molecule has 1 aliphatic rings. The average molecular weight is 196 g/mol. The summed E-state index contributed by atoms with van der Waals surface area (Å²) in [5.41, 5.74) is 0.496. The molecule has 0 bridgehead atoms. The molecule has 0 aliphatic heterocycles. The van der Waals surface area contributed by atoms with Crippen LogP contribution in [0, 0.1) is 11.3 Å². The van der Waals surface area contributed by atoms with E-state index in [9.17, 15) is 9.90 Å². The zero-order chi connectivity index (χ0) is 10.8. The third kappa shape index (κ3) is 2.17. The monoisotopic (exact) mass is 196 g/mol. The minimum absolute atomic E-state index is 0.494. The van der Waals surface area contributed by atoms with Gasteiger partial charge in [0, 0.05) is 0 Å². The molecule has 1 rings (SSSR count). The quantitative estimate of drug-likeness (QED) is 0.701. The van der Waals surface area contributed by atoms with Gasteiger partial charge in [0.2, 0.25) is 0 Å². The molecule has 0 radical (unpaired) electrons. The van der Waals surface area contributed by atoms with Crippen molar-refractivity contribution >= 4 is 5.97 Å². The summed E-state index contributed by atoms with van der Waals surface area (Å²) in [6.45, 7) is 7.90. The van der Waals surface area contributed by atoms with Gasteiger partial charge in [-0.05, 0) is 38.5 Å². The lowest BCUT2D eigenvalue weighted by Gasteiger charge is -2.24. The highest BCUT2D eigenvalue weighted by atomic mass is 16.4. The van der Waals surface area contributed by atoms with Crippen LogP contribution < -0.4 is 0 Å². The van der Waals surface area contributed by atoms with Crippen molar-refractivity contribution in [1.82, 2.24) is 0 Å². The van der Waals surface area contributed by atoms with E-state index in [1.807, 2.05) is 6.92 Å². The molecule has 0 aromatic rings. The van der Waals surface area contributed by atoms with E-state index in [4.69, 9.17) is 0 Å². The van der Waals surface area contributed by atoms with E-state index in [1.165, 1.54) is 0 Å². The summed E-state index contributed by atoms with van der Waals surface area (Å²) in [6, 6.07) is 0. The van der Waals surface area contributed by atoms with Crippen LogP contribution in [0.3, 0.4) is 0 Å². The van der Waals surface area contributed by atoms with Crippen molar-refractivity contribution in [2.45, 2.75) is 46.0 Å². The first-order valence-corrected chi connectivity index (χ1v) is 5.38. The minimum Gasteiger partial charge on any atom is -0.481 e. The fourth-order valence-corrected chi connectivity index (χ4v) is 2.59. The summed E-state index contributed by atoms with van der Waals surface area (Å²) in [4.78, 5) is 11.3. The number of allylic oxidation sites excluding steroid dienone is 1. The van der Waals surface area contributed by atoms with Gasteiger partial charge in [-0.25, -0.2) is 0 Å². The molecule has 0 saturated heterocycles. The van der Waals surface area contributed by atoms with Crippen molar-refractivity contribution in [3.05, 3.63) is 12.2 Å². The Morgan fingerprint density at radius 3 is 2.64 bits per heavy atom. The molecular formula is C12H20O2. The van der Waals surface area contributed by atoms with Crippen molar-refractivity contribution in [1.29, 1.82) is 0 Å². The molecule has 0 amide bonds. The lowest BCUT2D eigenvalue weighted by atomic mass is 9.79. The van der Waals surface area contributed by atoms with Crippen LogP contribution in [0.4, 0.5) is 0 Å². The van der Waals surface area contributed by atoms with E-state index in [0.29, 0.717) is 12.3 Å². The van der Waals surface area contributed by atoms with Crippen LogP contribution in [0.25, 0.3) is 0 Å². The number of aliphatic carboxylic acids is 1. The maximum atomic E-state index is 11.3. The smallest absolute Gasteiger partial charge is 0.309 e. The molecule has 1 aliphatic carbocycles. The van der Waals surface area contributed by atoms with Crippen LogP contribution in [-0.4, -0.2) is 11.1 Å². The molecule has 2 atom stereocenters. The number of carboxylic acid groups (broad SMARTS) is 1. The second-order valence-electron chi connectivity index (χ2n) is 4.74. The summed E-state index contributed by atoms with van der Waals surface area (Å²) in [5, 5.41) is 9.28. The van der Waals surface area contributed by atoms with E-state index < -0.39 is 11.4 Å². The third-order valence-corrected chi connectivity index (χ3v) is 3.38. The fourth-order valence-electron chi connectivity index (χ4n) is 2.59. The predicted octanol–water partition coefficient (Wildman–Crippen LogP) is 3.23. The minimum atomic E-state index is -0.628. The Hall–Kier alpha value is -0.790. The molecule has 1 N–H and O–H groups in total. The summed E-state index contributed by atoms with van der Waals surface area (Å²) in [5.74, 6) is -0.0260. The number of hydrogen-bond donors (Lipinski definition) is 1. The molecule has 14 heavy (non-hydrogen) atoms. The van der Waals surface area contributed by atoms with E-state index in [1.54, 1.807) is 0 Å². The fraction of sp³-hybridized carbons (Fsp3) is 0.750. The Kier molecular flexibility index (Phi) is 3.35. The van der Waals surface area contributed by atoms with Crippen LogP contribution >= 0.6 is 0 Å². The number of rotatable bonds is 4. The summed E-state index contributed by atoms with van der Waals surface area (Å²) in [6.07, 6.45) is 4.49. The SMILES string of the molecule is C=C(C)CC1(C(=O)O)CCC(CC)C1. The Bertz CT molecular complexity index is 245. The van der Waals surface area contributed by atoms with Gasteiger partial charge >= 0.3 is 5.97 Å². The summed E-state index contributed by atoms with van der Waals surface area (Å²) < 4.78 is 0. The lowest BCUT2D eigenvalue weighted by Crippen LogP contribution is -2.28. The molecule has 0 aromatic heterocycles. The Labute approximate surface area is 86.0 Å². The third-order valence-electron chi connectivity index (χ3n) is 3.38. The highest BCUT2D eigenvalue weighted by Crippen LogP contribution is 2.47. The molecule has 2 heteroatoms. The predicted molar refractivity (Wildman–Crippen MR) is 57.1 cm³/mol. The Balaban J connectivity index is 2.75. The number of hydrogen-bond acceptors (Lipinski definition) is 1. The largest absolute Gasteiger partial charge is 0.481 e. The molecule has 1 saturated carbocycles. The van der Waals surface area contributed by atoms with Crippen molar-refractivity contribution in [2.24, 2.45) is 11.3 Å². The van der Waals surface area contributed by atoms with Gasteiger partial charge in [-0.1, -0.05) is 18.9 Å². The van der Waals surface area contributed by atoms with Crippen LogP contribution in [0.5, 0.6) is 0 Å². The number of carboxylic acids is 1. The van der Waals surface area contributed by atoms with E-state index in [2.05, 4.69) is 13.5 Å². The second-order valence-corrected chi connectivity index (χ2v) is 4.74. The molecule has 1 fully saturated rings. The van der Waals surface area contributed by atoms with Gasteiger partial charge in [-0.15, -0.1) is 6.58 Å². The standard InChI is InChI=1S/C12H20O2/c1-4-10-5-6-12(8-10,11(13)14)7-9(2)3/h10H,2,4-8H2,1,3H3,(H,13,14). The van der Waals surface area contributed by atoms with E-state index >= 15 is 0 Å². The molecule has 2 nitrogen and oxygen atoms in total. The van der Waals surface area contributed by atoms with E-state index in [-0.39, 0.29) is 0 Å². The van der Waals surface area contributed by atoms with E-state index in [0.717, 1.165) is 31.3 Å². The van der Waals surface area contributed by atoms with Crippen LogP contribution in [0.15, 0.2) is 12.2 Å². The van der Waals surface area contributed by atoms with Crippen molar-refractivity contribution in [3.63, 3.8) is 0 Å². The summed E-state index contributed by atoms with van der Waals surface area (Å²) in [7, 11) is 0. The second kappa shape index (κ2) is 4.16. The zero-order valence-electron chi connectivity index (χ0n) is 9.18. The maximum Gasteiger partial charge on any atom is 0.309 e. The van der Waals surface area contributed by atoms with Gasteiger partial charge < -0.3 is 5.11 Å². The molecule has 0 aromatic carbocycles. The molecule has 0 spiro atoms. The summed E-state index contributed by atoms with van der Waals surface area (Å²) >= 11 is 0. The Morgan fingerprint density at radius 2 is 2.29 bits per heavy atom. The molecular weight excluding hydrogens is 176 g/mol. The maximum absolute atomic E-state index is 11.3. The van der Waals surface area contributed by atoms with Gasteiger partial charge in [0.05, 0.1) is 5.41 Å². The molecule has 80 valence electrons. The van der Waals surface area contributed by atoms with Gasteiger partial charge in [0.25, 0.3) is 0 Å². The zero-order valence-corrected chi connectivity index (χ0v) is 9.18. The van der Waals surface area contributed by atoms with Gasteiger partial charge in [0.1, 0.15) is 0 Å². The Morgan fingerprint density at radius 1 is 1.64 bits per heavy atom. The van der Waals surface area contributed by atoms with Crippen LogP contribution in [-0.2, 0) is 4.79 Å². The highest BCUT2D eigenvalue weighted by Gasteiger charge is 2.44.